The van der Waals surface area contributed by atoms with Crippen LogP contribution in [0.5, 0.6) is 0 Å². The average Bonchev–Trinajstić information content (AvgIpc) is 2.63. The van der Waals surface area contributed by atoms with Crippen LogP contribution in [-0.2, 0) is 21.2 Å². The van der Waals surface area contributed by atoms with Crippen molar-refractivity contribution < 1.29 is 18.3 Å². The van der Waals surface area contributed by atoms with Crippen molar-refractivity contribution in [2.24, 2.45) is 0 Å². The number of sulfonamides is 1. The first-order valence-electron chi connectivity index (χ1n) is 8.59. The molecular formula is C19H21ClN2O4S. The summed E-state index contributed by atoms with van der Waals surface area (Å²) in [6.07, 6.45) is -0.203. The molecule has 0 bridgehead atoms. The van der Waals surface area contributed by atoms with Gasteiger partial charge in [0.15, 0.2) is 0 Å². The third kappa shape index (κ3) is 4.43. The van der Waals surface area contributed by atoms with Crippen molar-refractivity contribution in [3.05, 3.63) is 58.6 Å². The van der Waals surface area contributed by atoms with Gasteiger partial charge in [0.05, 0.1) is 11.3 Å². The summed E-state index contributed by atoms with van der Waals surface area (Å²) in [7, 11) is -3.66. The van der Waals surface area contributed by atoms with Gasteiger partial charge >= 0.3 is 5.97 Å². The van der Waals surface area contributed by atoms with Crippen LogP contribution in [0.3, 0.4) is 0 Å². The predicted octanol–water partition coefficient (Wildman–Crippen LogP) is 2.79. The molecule has 1 aliphatic heterocycles. The monoisotopic (exact) mass is 408 g/mol. The number of rotatable bonds is 5. The van der Waals surface area contributed by atoms with Gasteiger partial charge in [0.2, 0.25) is 10.0 Å². The van der Waals surface area contributed by atoms with E-state index in [0.29, 0.717) is 36.8 Å². The summed E-state index contributed by atoms with van der Waals surface area (Å²) in [5, 5.41) is 9.57. The number of aliphatic carboxylic acids is 1. The van der Waals surface area contributed by atoms with Crippen LogP contribution < -0.4 is 4.90 Å². The normalized spacial score (nSPS) is 15.7. The van der Waals surface area contributed by atoms with Crippen molar-refractivity contribution in [3.63, 3.8) is 0 Å². The molecule has 1 N–H and O–H groups in total. The second-order valence-corrected chi connectivity index (χ2v) is 8.91. The van der Waals surface area contributed by atoms with Crippen LogP contribution in [-0.4, -0.2) is 50.0 Å². The summed E-state index contributed by atoms with van der Waals surface area (Å²) < 4.78 is 27.3. The van der Waals surface area contributed by atoms with E-state index in [-0.39, 0.29) is 11.3 Å². The second-order valence-electron chi connectivity index (χ2n) is 6.54. The Morgan fingerprint density at radius 2 is 1.81 bits per heavy atom. The number of benzene rings is 2. The Hall–Kier alpha value is -2.09. The van der Waals surface area contributed by atoms with Crippen LogP contribution in [0.25, 0.3) is 0 Å². The summed E-state index contributed by atoms with van der Waals surface area (Å²) in [6, 6.07) is 11.8. The first-order chi connectivity index (χ1) is 12.8. The van der Waals surface area contributed by atoms with Gasteiger partial charge in [0, 0.05) is 36.9 Å². The maximum absolute atomic E-state index is 12.9. The molecule has 1 aliphatic rings. The van der Waals surface area contributed by atoms with Crippen molar-refractivity contribution in [1.29, 1.82) is 0 Å². The van der Waals surface area contributed by atoms with Gasteiger partial charge in [-0.05, 0) is 42.3 Å². The molecule has 0 aliphatic carbocycles. The van der Waals surface area contributed by atoms with Gasteiger partial charge in [-0.2, -0.15) is 4.31 Å². The molecule has 0 spiro atoms. The van der Waals surface area contributed by atoms with Gasteiger partial charge in [0.25, 0.3) is 0 Å². The SMILES string of the molecule is Cc1ccc(Cl)cc1N1CCN(S(=O)(=O)c2cccc(CC(=O)O)c2)CC1. The molecule has 2 aromatic carbocycles. The molecule has 0 aromatic heterocycles. The van der Waals surface area contributed by atoms with Crippen molar-refractivity contribution in [1.82, 2.24) is 4.31 Å². The fourth-order valence-electron chi connectivity index (χ4n) is 3.23. The number of piperazine rings is 1. The van der Waals surface area contributed by atoms with E-state index >= 15 is 0 Å². The first-order valence-corrected chi connectivity index (χ1v) is 10.4. The molecule has 0 atom stereocenters. The van der Waals surface area contributed by atoms with Gasteiger partial charge in [-0.1, -0.05) is 29.8 Å². The average molecular weight is 409 g/mol. The minimum Gasteiger partial charge on any atom is -0.481 e. The third-order valence-corrected chi connectivity index (χ3v) is 6.77. The Balaban J connectivity index is 1.75. The molecule has 0 saturated carbocycles. The lowest BCUT2D eigenvalue weighted by Gasteiger charge is -2.36. The topological polar surface area (TPSA) is 77.9 Å². The summed E-state index contributed by atoms with van der Waals surface area (Å²) >= 11 is 6.09. The Labute approximate surface area is 164 Å². The highest BCUT2D eigenvalue weighted by atomic mass is 35.5. The zero-order valence-corrected chi connectivity index (χ0v) is 16.5. The molecule has 2 aromatic rings. The lowest BCUT2D eigenvalue weighted by atomic mass is 10.1. The number of nitrogens with zero attached hydrogens (tertiary/aromatic N) is 2. The highest BCUT2D eigenvalue weighted by Crippen LogP contribution is 2.27. The lowest BCUT2D eigenvalue weighted by Crippen LogP contribution is -2.48. The quantitative estimate of drug-likeness (QED) is 0.823. The molecule has 144 valence electrons. The molecule has 1 fully saturated rings. The van der Waals surface area contributed by atoms with Gasteiger partial charge in [-0.15, -0.1) is 0 Å². The maximum atomic E-state index is 12.9. The van der Waals surface area contributed by atoms with E-state index in [1.807, 2.05) is 25.1 Å². The number of anilines is 1. The smallest absolute Gasteiger partial charge is 0.307 e. The van der Waals surface area contributed by atoms with E-state index in [2.05, 4.69) is 4.90 Å². The summed E-state index contributed by atoms with van der Waals surface area (Å²) in [6.45, 7) is 3.85. The van der Waals surface area contributed by atoms with Gasteiger partial charge in [0.1, 0.15) is 0 Å². The minimum atomic E-state index is -3.66. The van der Waals surface area contributed by atoms with Crippen molar-refractivity contribution in [2.75, 3.05) is 31.1 Å². The zero-order chi connectivity index (χ0) is 19.6. The fraction of sp³-hybridized carbons (Fsp3) is 0.316. The van der Waals surface area contributed by atoms with E-state index in [9.17, 15) is 13.2 Å². The highest BCUT2D eigenvalue weighted by Gasteiger charge is 2.29. The zero-order valence-electron chi connectivity index (χ0n) is 14.9. The molecular weight excluding hydrogens is 388 g/mol. The lowest BCUT2D eigenvalue weighted by molar-refractivity contribution is -0.136. The largest absolute Gasteiger partial charge is 0.481 e. The van der Waals surface area contributed by atoms with Crippen LogP contribution >= 0.6 is 11.6 Å². The van der Waals surface area contributed by atoms with Crippen molar-refractivity contribution in [2.45, 2.75) is 18.2 Å². The van der Waals surface area contributed by atoms with Crippen LogP contribution in [0.15, 0.2) is 47.4 Å². The number of hydrogen-bond donors (Lipinski definition) is 1. The molecule has 6 nitrogen and oxygen atoms in total. The molecule has 1 saturated heterocycles. The maximum Gasteiger partial charge on any atom is 0.307 e. The summed E-state index contributed by atoms with van der Waals surface area (Å²) in [4.78, 5) is 13.1. The molecule has 27 heavy (non-hydrogen) atoms. The Morgan fingerprint density at radius 1 is 1.11 bits per heavy atom. The number of hydrogen-bond acceptors (Lipinski definition) is 4. The first kappa shape index (κ1) is 19.7. The van der Waals surface area contributed by atoms with E-state index in [1.165, 1.54) is 16.4 Å². The van der Waals surface area contributed by atoms with Crippen LogP contribution in [0, 0.1) is 6.92 Å². The van der Waals surface area contributed by atoms with Crippen LogP contribution in [0.4, 0.5) is 5.69 Å². The van der Waals surface area contributed by atoms with Gasteiger partial charge < -0.3 is 10.0 Å². The number of carbonyl (C=O) groups is 1. The Morgan fingerprint density at radius 3 is 2.48 bits per heavy atom. The standard InChI is InChI=1S/C19H21ClN2O4S/c1-14-5-6-16(20)13-18(14)21-7-9-22(10-8-21)27(25,26)17-4-2-3-15(11-17)12-19(23)24/h2-6,11,13H,7-10,12H2,1H3,(H,23,24). The minimum absolute atomic E-state index is 0.133. The van der Waals surface area contributed by atoms with E-state index < -0.39 is 16.0 Å². The van der Waals surface area contributed by atoms with E-state index in [0.717, 1.165) is 11.3 Å². The van der Waals surface area contributed by atoms with Gasteiger partial charge in [-0.3, -0.25) is 4.79 Å². The summed E-state index contributed by atoms with van der Waals surface area (Å²) in [5.41, 5.74) is 2.58. The fourth-order valence-corrected chi connectivity index (χ4v) is 4.89. The molecule has 8 heteroatoms. The van der Waals surface area contributed by atoms with Crippen molar-refractivity contribution >= 4 is 33.3 Å². The third-order valence-electron chi connectivity index (χ3n) is 4.64. The number of halogens is 1. The van der Waals surface area contributed by atoms with Gasteiger partial charge in [-0.25, -0.2) is 8.42 Å². The predicted molar refractivity (Wildman–Crippen MR) is 105 cm³/mol. The summed E-state index contributed by atoms with van der Waals surface area (Å²) in [5.74, 6) is -0.991. The number of aryl methyl sites for hydroxylation is 1. The highest BCUT2D eigenvalue weighted by molar-refractivity contribution is 7.89. The molecule has 0 amide bonds. The van der Waals surface area contributed by atoms with E-state index in [4.69, 9.17) is 16.7 Å². The van der Waals surface area contributed by atoms with Crippen LogP contribution in [0.2, 0.25) is 5.02 Å². The Kier molecular flexibility index (Phi) is 5.74. The molecule has 3 rings (SSSR count). The number of carboxylic acid groups (broad SMARTS) is 1. The van der Waals surface area contributed by atoms with E-state index in [1.54, 1.807) is 12.1 Å². The van der Waals surface area contributed by atoms with Crippen molar-refractivity contribution in [3.8, 4) is 0 Å². The Bertz CT molecular complexity index is 954. The van der Waals surface area contributed by atoms with Crippen LogP contribution in [0.1, 0.15) is 11.1 Å². The second kappa shape index (κ2) is 7.88. The number of carboxylic acids is 1. The molecule has 0 radical (unpaired) electrons. The molecule has 0 unspecified atom stereocenters. The molecule has 1 heterocycles.